The molecule has 0 aliphatic rings. The van der Waals surface area contributed by atoms with E-state index in [0.29, 0.717) is 17.4 Å². The highest BCUT2D eigenvalue weighted by Crippen LogP contribution is 2.30. The Labute approximate surface area is 104 Å². The van der Waals surface area contributed by atoms with Crippen LogP contribution in [0.2, 0.25) is 0 Å². The Morgan fingerprint density at radius 1 is 1.35 bits per heavy atom. The summed E-state index contributed by atoms with van der Waals surface area (Å²) in [6.45, 7) is 8.06. The summed E-state index contributed by atoms with van der Waals surface area (Å²) in [4.78, 5) is 8.60. The fourth-order valence-corrected chi connectivity index (χ4v) is 1.90. The second-order valence-corrected chi connectivity index (χ2v) is 6.12. The Balaban J connectivity index is 2.28. The van der Waals surface area contributed by atoms with Gasteiger partial charge in [-0.2, -0.15) is 4.98 Å². The average Bonchev–Trinajstić information content (AvgIpc) is 2.83. The molecule has 2 aromatic heterocycles. The van der Waals surface area contributed by atoms with Gasteiger partial charge >= 0.3 is 0 Å². The fraction of sp³-hybridized carbons (Fsp3) is 0.545. The molecule has 1 atom stereocenters. The predicted molar refractivity (Wildman–Crippen MR) is 66.5 cm³/mol. The van der Waals surface area contributed by atoms with Crippen LogP contribution in [0.25, 0.3) is 11.6 Å². The number of aryl methyl sites for hydroxylation is 1. The van der Waals surface area contributed by atoms with E-state index in [4.69, 9.17) is 10.3 Å². The van der Waals surface area contributed by atoms with E-state index in [0.717, 1.165) is 5.01 Å². The maximum atomic E-state index is 6.07. The monoisotopic (exact) mass is 252 g/mol. The molecule has 0 bridgehead atoms. The van der Waals surface area contributed by atoms with E-state index < -0.39 is 0 Å². The zero-order valence-corrected chi connectivity index (χ0v) is 11.2. The minimum absolute atomic E-state index is 0.0981. The molecule has 0 saturated heterocycles. The third-order valence-corrected chi connectivity index (χ3v) is 3.26. The molecule has 0 radical (unpaired) electrons. The van der Waals surface area contributed by atoms with Gasteiger partial charge < -0.3 is 10.3 Å². The molecular formula is C11H16N4OS. The largest absolute Gasteiger partial charge is 0.332 e. The Hall–Kier alpha value is -1.27. The number of rotatable bonds is 2. The van der Waals surface area contributed by atoms with Gasteiger partial charge in [-0.25, -0.2) is 4.98 Å². The Morgan fingerprint density at radius 2 is 2.06 bits per heavy atom. The van der Waals surface area contributed by atoms with Crippen molar-refractivity contribution in [2.45, 2.75) is 33.7 Å². The van der Waals surface area contributed by atoms with Crippen LogP contribution in [-0.4, -0.2) is 15.1 Å². The van der Waals surface area contributed by atoms with E-state index >= 15 is 0 Å². The molecule has 92 valence electrons. The van der Waals surface area contributed by atoms with E-state index in [1.165, 1.54) is 0 Å². The molecule has 1 unspecified atom stereocenters. The molecule has 2 aromatic rings. The lowest BCUT2D eigenvalue weighted by Gasteiger charge is -2.23. The SMILES string of the molecule is Cc1nc(-c2nc(C(N)C(C)(C)C)no2)cs1. The summed E-state index contributed by atoms with van der Waals surface area (Å²) in [5.41, 5.74) is 6.68. The Morgan fingerprint density at radius 3 is 2.59 bits per heavy atom. The predicted octanol–water partition coefficient (Wildman–Crippen LogP) is 2.55. The second-order valence-electron chi connectivity index (χ2n) is 5.05. The molecule has 5 nitrogen and oxygen atoms in total. The number of hydrogen-bond acceptors (Lipinski definition) is 6. The van der Waals surface area contributed by atoms with Crippen molar-refractivity contribution in [3.05, 3.63) is 16.2 Å². The quantitative estimate of drug-likeness (QED) is 0.888. The molecule has 0 saturated carbocycles. The minimum Gasteiger partial charge on any atom is -0.332 e. The molecule has 2 heterocycles. The van der Waals surface area contributed by atoms with Crippen LogP contribution in [0.3, 0.4) is 0 Å². The molecule has 0 aliphatic carbocycles. The normalized spacial score (nSPS) is 13.9. The van der Waals surface area contributed by atoms with Gasteiger partial charge in [0.05, 0.1) is 11.0 Å². The Bertz CT molecular complexity index is 512. The third-order valence-electron chi connectivity index (χ3n) is 2.49. The third kappa shape index (κ3) is 2.53. The first-order chi connectivity index (χ1) is 7.88. The highest BCUT2D eigenvalue weighted by Gasteiger charge is 2.27. The van der Waals surface area contributed by atoms with Crippen LogP contribution in [0, 0.1) is 12.3 Å². The van der Waals surface area contributed by atoms with Crippen molar-refractivity contribution < 1.29 is 4.52 Å². The van der Waals surface area contributed by atoms with Crippen LogP contribution >= 0.6 is 11.3 Å². The van der Waals surface area contributed by atoms with E-state index in [-0.39, 0.29) is 11.5 Å². The van der Waals surface area contributed by atoms with Gasteiger partial charge in [0.25, 0.3) is 5.89 Å². The lowest BCUT2D eigenvalue weighted by molar-refractivity contribution is 0.303. The topological polar surface area (TPSA) is 77.8 Å². The zero-order chi connectivity index (χ0) is 12.6. The molecular weight excluding hydrogens is 236 g/mol. The molecule has 0 fully saturated rings. The summed E-state index contributed by atoms with van der Waals surface area (Å²) < 4.78 is 5.18. The lowest BCUT2D eigenvalue weighted by Crippen LogP contribution is -2.27. The van der Waals surface area contributed by atoms with Crippen LogP contribution < -0.4 is 5.73 Å². The standard InChI is InChI=1S/C11H16N4OS/c1-6-13-7(5-17-6)10-14-9(15-16-10)8(12)11(2,3)4/h5,8H,12H2,1-4H3. The van der Waals surface area contributed by atoms with Crippen molar-refractivity contribution in [2.75, 3.05) is 0 Å². The summed E-state index contributed by atoms with van der Waals surface area (Å²) in [5.74, 6) is 0.960. The number of thiazole rings is 1. The van der Waals surface area contributed by atoms with Crippen LogP contribution in [0.4, 0.5) is 0 Å². The summed E-state index contributed by atoms with van der Waals surface area (Å²) in [5, 5.41) is 6.79. The van der Waals surface area contributed by atoms with Gasteiger partial charge in [-0.3, -0.25) is 0 Å². The summed E-state index contributed by atoms with van der Waals surface area (Å²) >= 11 is 1.55. The van der Waals surface area contributed by atoms with E-state index in [1.54, 1.807) is 11.3 Å². The van der Waals surface area contributed by atoms with Gasteiger partial charge in [-0.1, -0.05) is 25.9 Å². The van der Waals surface area contributed by atoms with Gasteiger partial charge in [0, 0.05) is 5.38 Å². The van der Waals surface area contributed by atoms with E-state index in [1.807, 2.05) is 33.1 Å². The van der Waals surface area contributed by atoms with Crippen molar-refractivity contribution in [1.82, 2.24) is 15.1 Å². The molecule has 17 heavy (non-hydrogen) atoms. The second kappa shape index (κ2) is 4.19. The first kappa shape index (κ1) is 12.2. The summed E-state index contributed by atoms with van der Waals surface area (Å²) in [7, 11) is 0. The molecule has 0 amide bonds. The lowest BCUT2D eigenvalue weighted by atomic mass is 9.87. The summed E-state index contributed by atoms with van der Waals surface area (Å²) in [6, 6.07) is -0.250. The summed E-state index contributed by atoms with van der Waals surface area (Å²) in [6.07, 6.45) is 0. The number of hydrogen-bond donors (Lipinski definition) is 1. The molecule has 2 rings (SSSR count). The minimum atomic E-state index is -0.250. The van der Waals surface area contributed by atoms with Crippen molar-refractivity contribution >= 4 is 11.3 Å². The van der Waals surface area contributed by atoms with Crippen molar-refractivity contribution in [1.29, 1.82) is 0 Å². The molecule has 2 N–H and O–H groups in total. The first-order valence-electron chi connectivity index (χ1n) is 5.39. The fourth-order valence-electron chi connectivity index (χ4n) is 1.31. The van der Waals surface area contributed by atoms with Crippen molar-refractivity contribution in [2.24, 2.45) is 11.1 Å². The number of nitrogens with two attached hydrogens (primary N) is 1. The molecule has 0 aromatic carbocycles. The maximum Gasteiger partial charge on any atom is 0.277 e. The van der Waals surface area contributed by atoms with E-state index in [9.17, 15) is 0 Å². The van der Waals surface area contributed by atoms with Crippen LogP contribution in [0.1, 0.15) is 37.6 Å². The van der Waals surface area contributed by atoms with Gasteiger partial charge in [-0.05, 0) is 12.3 Å². The first-order valence-corrected chi connectivity index (χ1v) is 6.27. The maximum absolute atomic E-state index is 6.07. The number of aromatic nitrogens is 3. The van der Waals surface area contributed by atoms with E-state index in [2.05, 4.69) is 15.1 Å². The van der Waals surface area contributed by atoms with Gasteiger partial charge in [0.1, 0.15) is 5.69 Å². The van der Waals surface area contributed by atoms with Crippen LogP contribution in [0.15, 0.2) is 9.90 Å². The smallest absolute Gasteiger partial charge is 0.277 e. The van der Waals surface area contributed by atoms with Crippen LogP contribution in [0.5, 0.6) is 0 Å². The van der Waals surface area contributed by atoms with Crippen molar-refractivity contribution in [3.63, 3.8) is 0 Å². The number of nitrogens with zero attached hydrogens (tertiary/aromatic N) is 3. The highest BCUT2D eigenvalue weighted by molar-refractivity contribution is 7.09. The Kier molecular flexibility index (Phi) is 3.01. The highest BCUT2D eigenvalue weighted by atomic mass is 32.1. The van der Waals surface area contributed by atoms with Crippen LogP contribution in [-0.2, 0) is 0 Å². The molecule has 0 aliphatic heterocycles. The van der Waals surface area contributed by atoms with Gasteiger partial charge in [-0.15, -0.1) is 11.3 Å². The zero-order valence-electron chi connectivity index (χ0n) is 10.4. The van der Waals surface area contributed by atoms with Gasteiger partial charge in [0.2, 0.25) is 0 Å². The molecule has 6 heteroatoms. The molecule has 0 spiro atoms. The average molecular weight is 252 g/mol. The van der Waals surface area contributed by atoms with Gasteiger partial charge in [0.15, 0.2) is 5.82 Å². The van der Waals surface area contributed by atoms with Crippen molar-refractivity contribution in [3.8, 4) is 11.6 Å².